The van der Waals surface area contributed by atoms with Crippen LogP contribution in [0.15, 0.2) is 35.2 Å². The summed E-state index contributed by atoms with van der Waals surface area (Å²) in [6, 6.07) is 5.75. The minimum Gasteiger partial charge on any atom is -0.478 e. The summed E-state index contributed by atoms with van der Waals surface area (Å²) in [5.74, 6) is -2.05. The zero-order valence-electron chi connectivity index (χ0n) is 8.82. The van der Waals surface area contributed by atoms with Gasteiger partial charge in [0, 0.05) is 0 Å². The first kappa shape index (κ1) is 12.3. The number of hydrogen-bond donors (Lipinski definition) is 2. The van der Waals surface area contributed by atoms with E-state index in [0.717, 1.165) is 24.3 Å². The minimum absolute atomic E-state index is 0.252. The Bertz CT molecular complexity index is 747. The molecule has 93 valence electrons. The van der Waals surface area contributed by atoms with Crippen LogP contribution in [0.4, 0.5) is 0 Å². The maximum atomic E-state index is 11.4. The van der Waals surface area contributed by atoms with Gasteiger partial charge >= 0.3 is 5.97 Å². The second kappa shape index (κ2) is 3.97. The van der Waals surface area contributed by atoms with Crippen molar-refractivity contribution in [2.45, 2.75) is 4.90 Å². The standard InChI is InChI=1S/C11H7O6S/c12-10-5-6-1-2-8(18(15,16)17)3-7(6)4-9(10)11(13)14/h1-5H,(H,13,14)(H,15,16,17). The van der Waals surface area contributed by atoms with Gasteiger partial charge in [-0.2, -0.15) is 8.42 Å². The third-order valence-corrected chi connectivity index (χ3v) is 3.29. The van der Waals surface area contributed by atoms with Crippen LogP contribution in [0.25, 0.3) is 10.8 Å². The van der Waals surface area contributed by atoms with E-state index in [0.29, 0.717) is 5.39 Å². The molecule has 0 saturated carbocycles. The van der Waals surface area contributed by atoms with Gasteiger partial charge in [0.15, 0.2) is 5.75 Å². The predicted octanol–water partition coefficient (Wildman–Crippen LogP) is 1.93. The van der Waals surface area contributed by atoms with E-state index in [1.165, 1.54) is 6.07 Å². The van der Waals surface area contributed by atoms with Crippen molar-refractivity contribution < 1.29 is 28.0 Å². The van der Waals surface area contributed by atoms with Gasteiger partial charge in [-0.1, -0.05) is 6.07 Å². The van der Waals surface area contributed by atoms with Gasteiger partial charge in [-0.15, -0.1) is 0 Å². The molecule has 6 nitrogen and oxygen atoms in total. The van der Waals surface area contributed by atoms with E-state index in [2.05, 4.69) is 0 Å². The highest BCUT2D eigenvalue weighted by molar-refractivity contribution is 7.85. The molecule has 2 N–H and O–H groups in total. The molecule has 0 fully saturated rings. The molecule has 0 unspecified atom stereocenters. The van der Waals surface area contributed by atoms with Crippen LogP contribution < -0.4 is 0 Å². The lowest BCUT2D eigenvalue weighted by atomic mass is 10.1. The summed E-state index contributed by atoms with van der Waals surface area (Å²) in [5, 5.41) is 20.8. The Balaban J connectivity index is 2.77. The number of rotatable bonds is 2. The van der Waals surface area contributed by atoms with Gasteiger partial charge in [0.25, 0.3) is 10.1 Å². The van der Waals surface area contributed by atoms with Crippen LogP contribution in [0.1, 0.15) is 10.4 Å². The largest absolute Gasteiger partial charge is 0.478 e. The average Bonchev–Trinajstić information content (AvgIpc) is 2.25. The van der Waals surface area contributed by atoms with Crippen LogP contribution in [-0.4, -0.2) is 24.0 Å². The van der Waals surface area contributed by atoms with E-state index >= 15 is 0 Å². The van der Waals surface area contributed by atoms with E-state index in [9.17, 15) is 18.3 Å². The van der Waals surface area contributed by atoms with Gasteiger partial charge in [0.1, 0.15) is 5.56 Å². The number of hydrogen-bond acceptors (Lipinski definition) is 3. The quantitative estimate of drug-likeness (QED) is 0.807. The third kappa shape index (κ3) is 2.13. The number of carboxylic acid groups (broad SMARTS) is 1. The molecular formula is C11H7O6S. The number of carbonyl (C=O) groups is 1. The maximum Gasteiger partial charge on any atom is 0.339 e. The van der Waals surface area contributed by atoms with Gasteiger partial charge in [0.2, 0.25) is 0 Å². The van der Waals surface area contributed by atoms with Gasteiger partial charge < -0.3 is 5.11 Å². The Morgan fingerprint density at radius 2 is 1.72 bits per heavy atom. The number of benzene rings is 2. The summed E-state index contributed by atoms with van der Waals surface area (Å²) in [6.07, 6.45) is 0. The van der Waals surface area contributed by atoms with Gasteiger partial charge in [-0.25, -0.2) is 4.79 Å². The first-order valence-electron chi connectivity index (χ1n) is 4.74. The molecule has 2 rings (SSSR count). The molecule has 0 spiro atoms. The second-order valence-electron chi connectivity index (χ2n) is 3.64. The SMILES string of the molecule is [O]c1cc2ccc(S(=O)(=O)O)cc2cc1C(=O)O. The zero-order valence-corrected chi connectivity index (χ0v) is 9.64. The van der Waals surface area contributed by atoms with Gasteiger partial charge in [0.05, 0.1) is 4.90 Å². The maximum absolute atomic E-state index is 11.4. The van der Waals surface area contributed by atoms with Gasteiger partial charge in [-0.05, 0) is 35.0 Å². The lowest BCUT2D eigenvalue weighted by Crippen LogP contribution is -1.99. The van der Waals surface area contributed by atoms with E-state index < -0.39 is 27.4 Å². The molecule has 0 heterocycles. The van der Waals surface area contributed by atoms with Crippen molar-refractivity contribution in [2.75, 3.05) is 0 Å². The number of aromatic carboxylic acids is 1. The molecule has 2 aromatic carbocycles. The van der Waals surface area contributed by atoms with Crippen LogP contribution in [0.5, 0.6) is 5.75 Å². The fraction of sp³-hybridized carbons (Fsp3) is 0. The fourth-order valence-electron chi connectivity index (χ4n) is 1.58. The van der Waals surface area contributed by atoms with Crippen LogP contribution in [0.3, 0.4) is 0 Å². The molecule has 0 saturated heterocycles. The van der Waals surface area contributed by atoms with Crippen molar-refractivity contribution in [1.29, 1.82) is 0 Å². The zero-order chi connectivity index (χ0) is 13.5. The molecule has 0 aromatic heterocycles. The first-order chi connectivity index (χ1) is 8.29. The highest BCUT2D eigenvalue weighted by Crippen LogP contribution is 2.27. The van der Waals surface area contributed by atoms with Crippen molar-refractivity contribution >= 4 is 26.9 Å². The van der Waals surface area contributed by atoms with E-state index in [1.54, 1.807) is 0 Å². The molecular weight excluding hydrogens is 260 g/mol. The molecule has 0 amide bonds. The molecule has 1 radical (unpaired) electrons. The number of fused-ring (bicyclic) bond motifs is 1. The van der Waals surface area contributed by atoms with Crippen molar-refractivity contribution in [1.82, 2.24) is 0 Å². The predicted molar refractivity (Wildman–Crippen MR) is 60.9 cm³/mol. The minimum atomic E-state index is -4.36. The molecule has 2 aromatic rings. The van der Waals surface area contributed by atoms with Crippen molar-refractivity contribution in [3.05, 3.63) is 35.9 Å². The summed E-state index contributed by atoms with van der Waals surface area (Å²) in [5.41, 5.74) is -0.449. The summed E-state index contributed by atoms with van der Waals surface area (Å²) >= 11 is 0. The molecule has 18 heavy (non-hydrogen) atoms. The Labute approximate surface area is 102 Å². The lowest BCUT2D eigenvalue weighted by molar-refractivity contribution is 0.0692. The topological polar surface area (TPSA) is 112 Å². The van der Waals surface area contributed by atoms with Crippen molar-refractivity contribution in [3.63, 3.8) is 0 Å². The second-order valence-corrected chi connectivity index (χ2v) is 5.06. The van der Waals surface area contributed by atoms with E-state index in [-0.39, 0.29) is 10.3 Å². The summed E-state index contributed by atoms with van der Waals surface area (Å²) in [6.45, 7) is 0. The molecule has 0 aliphatic heterocycles. The van der Waals surface area contributed by atoms with Gasteiger partial charge in [-0.3, -0.25) is 9.66 Å². The Hall–Kier alpha value is -2.12. The molecule has 0 atom stereocenters. The summed E-state index contributed by atoms with van der Waals surface area (Å²) in [4.78, 5) is 10.4. The van der Waals surface area contributed by atoms with Crippen molar-refractivity contribution in [2.24, 2.45) is 0 Å². The Morgan fingerprint density at radius 3 is 2.28 bits per heavy atom. The van der Waals surface area contributed by atoms with Crippen LogP contribution in [-0.2, 0) is 15.2 Å². The normalized spacial score (nSPS) is 11.6. The highest BCUT2D eigenvalue weighted by atomic mass is 32.2. The fourth-order valence-corrected chi connectivity index (χ4v) is 2.10. The summed E-state index contributed by atoms with van der Waals surface area (Å²) < 4.78 is 30.8. The molecule has 0 aliphatic rings. The van der Waals surface area contributed by atoms with Crippen molar-refractivity contribution in [3.8, 4) is 5.75 Å². The Morgan fingerprint density at radius 1 is 1.06 bits per heavy atom. The molecule has 0 bridgehead atoms. The third-order valence-electron chi connectivity index (χ3n) is 2.44. The lowest BCUT2D eigenvalue weighted by Gasteiger charge is -2.03. The van der Waals surface area contributed by atoms with E-state index in [4.69, 9.17) is 9.66 Å². The van der Waals surface area contributed by atoms with Crippen LogP contribution in [0, 0.1) is 0 Å². The first-order valence-corrected chi connectivity index (χ1v) is 6.18. The molecule has 7 heteroatoms. The smallest absolute Gasteiger partial charge is 0.339 e. The van der Waals surface area contributed by atoms with Crippen LogP contribution >= 0.6 is 0 Å². The average molecular weight is 267 g/mol. The molecule has 0 aliphatic carbocycles. The Kier molecular flexibility index (Phi) is 2.72. The van der Waals surface area contributed by atoms with E-state index in [1.807, 2.05) is 0 Å². The number of carboxylic acids is 1. The monoisotopic (exact) mass is 267 g/mol. The highest BCUT2D eigenvalue weighted by Gasteiger charge is 2.15. The van der Waals surface area contributed by atoms with Crippen LogP contribution in [0.2, 0.25) is 0 Å². The summed E-state index contributed by atoms with van der Waals surface area (Å²) in [7, 11) is -4.36.